The second kappa shape index (κ2) is 7.12. The molecule has 7 nitrogen and oxygen atoms in total. The molecule has 0 aromatic carbocycles. The minimum atomic E-state index is -1.16. The molecule has 3 N–H and O–H groups in total. The maximum absolute atomic E-state index is 11.8. The highest BCUT2D eigenvalue weighted by molar-refractivity contribution is 5.83. The number of hydrogen-bond acceptors (Lipinski definition) is 4. The number of rotatable bonds is 7. The molecule has 1 aliphatic carbocycles. The van der Waals surface area contributed by atoms with E-state index >= 15 is 0 Å². The summed E-state index contributed by atoms with van der Waals surface area (Å²) < 4.78 is 4.45. The van der Waals surface area contributed by atoms with E-state index in [1.165, 1.54) is 7.11 Å². The molecule has 0 saturated heterocycles. The first kappa shape index (κ1) is 16.3. The minimum absolute atomic E-state index is 0.00848. The second-order valence-electron chi connectivity index (χ2n) is 5.09. The van der Waals surface area contributed by atoms with Crippen LogP contribution in [0, 0.1) is 0 Å². The van der Waals surface area contributed by atoms with E-state index in [0.717, 1.165) is 25.7 Å². The largest absolute Gasteiger partial charge is 0.480 e. The minimum Gasteiger partial charge on any atom is -0.480 e. The van der Waals surface area contributed by atoms with Crippen LogP contribution in [0.25, 0.3) is 0 Å². The number of carboxylic acids is 1. The number of aliphatic carboxylic acids is 1. The third-order valence-corrected chi connectivity index (χ3v) is 3.83. The first-order valence-electron chi connectivity index (χ1n) is 6.81. The highest BCUT2D eigenvalue weighted by Gasteiger charge is 2.37. The number of carbonyl (C=O) groups excluding carboxylic acids is 2. The van der Waals surface area contributed by atoms with E-state index in [2.05, 4.69) is 15.4 Å². The van der Waals surface area contributed by atoms with Crippen LogP contribution in [-0.2, 0) is 14.3 Å². The predicted molar refractivity (Wildman–Crippen MR) is 71.2 cm³/mol. The quantitative estimate of drug-likeness (QED) is 0.606. The number of carbonyl (C=O) groups is 3. The van der Waals surface area contributed by atoms with E-state index in [1.807, 2.05) is 6.92 Å². The van der Waals surface area contributed by atoms with Crippen molar-refractivity contribution in [3.05, 3.63) is 0 Å². The molecule has 1 fully saturated rings. The highest BCUT2D eigenvalue weighted by atomic mass is 16.5. The number of ether oxygens (including phenoxy) is 1. The van der Waals surface area contributed by atoms with Gasteiger partial charge in [-0.05, 0) is 32.1 Å². The lowest BCUT2D eigenvalue weighted by Crippen LogP contribution is -2.58. The van der Waals surface area contributed by atoms with Crippen LogP contribution >= 0.6 is 0 Å². The summed E-state index contributed by atoms with van der Waals surface area (Å²) in [6, 6.07) is -1.59. The Kier molecular flexibility index (Phi) is 5.79. The van der Waals surface area contributed by atoms with Crippen molar-refractivity contribution < 1.29 is 24.2 Å². The van der Waals surface area contributed by atoms with Gasteiger partial charge in [-0.1, -0.05) is 6.92 Å². The molecule has 0 heterocycles. The van der Waals surface area contributed by atoms with E-state index in [1.54, 1.807) is 0 Å². The zero-order valence-electron chi connectivity index (χ0n) is 11.9. The van der Waals surface area contributed by atoms with Crippen molar-refractivity contribution in [2.24, 2.45) is 0 Å². The lowest BCUT2D eigenvalue weighted by molar-refractivity contribution is -0.142. The fraction of sp³-hybridized carbons (Fsp3) is 0.769. The molecule has 114 valence electrons. The molecule has 2 amide bonds. The molecule has 1 saturated carbocycles. The summed E-state index contributed by atoms with van der Waals surface area (Å²) in [6.07, 6.45) is 3.67. The molecule has 0 aromatic heterocycles. The molecule has 0 aliphatic heterocycles. The molecule has 0 spiro atoms. The van der Waals surface area contributed by atoms with Crippen LogP contribution in [0.1, 0.15) is 45.4 Å². The number of carboxylic acid groups (broad SMARTS) is 1. The SMILES string of the molecule is CCC1(NC(=O)N[C@@H](CCC(=O)OC)C(=O)O)CCC1. The standard InChI is InChI=1S/C13H22N2O5/c1-3-13(7-4-8-13)15-12(19)14-9(11(17)18)5-6-10(16)20-2/h9H,3-8H2,1-2H3,(H,17,18)(H2,14,15,19)/t9-/m0/s1. The Hall–Kier alpha value is -1.79. The predicted octanol–water partition coefficient (Wildman–Crippen LogP) is 1.02. The van der Waals surface area contributed by atoms with Crippen molar-refractivity contribution in [2.75, 3.05) is 7.11 Å². The summed E-state index contributed by atoms with van der Waals surface area (Å²) in [5.41, 5.74) is -0.199. The normalized spacial score (nSPS) is 17.5. The van der Waals surface area contributed by atoms with E-state index < -0.39 is 24.0 Å². The van der Waals surface area contributed by atoms with Gasteiger partial charge in [0.05, 0.1) is 7.11 Å². The maximum Gasteiger partial charge on any atom is 0.326 e. The number of urea groups is 1. The average Bonchev–Trinajstić information content (AvgIpc) is 2.37. The third kappa shape index (κ3) is 4.40. The molecule has 7 heteroatoms. The molecule has 20 heavy (non-hydrogen) atoms. The Morgan fingerprint density at radius 3 is 2.40 bits per heavy atom. The van der Waals surface area contributed by atoms with Crippen LogP contribution < -0.4 is 10.6 Å². The lowest BCUT2D eigenvalue weighted by Gasteiger charge is -2.42. The summed E-state index contributed by atoms with van der Waals surface area (Å²) in [7, 11) is 1.24. The summed E-state index contributed by atoms with van der Waals surface area (Å²) in [5, 5.41) is 14.3. The molecule has 0 bridgehead atoms. The van der Waals surface area contributed by atoms with Gasteiger partial charge < -0.3 is 20.5 Å². The maximum atomic E-state index is 11.8. The molecular weight excluding hydrogens is 264 g/mol. The summed E-state index contributed by atoms with van der Waals surface area (Å²) in [6.45, 7) is 1.99. The van der Waals surface area contributed by atoms with E-state index in [9.17, 15) is 14.4 Å². The summed E-state index contributed by atoms with van der Waals surface area (Å²) in [4.78, 5) is 33.9. The Morgan fingerprint density at radius 1 is 1.35 bits per heavy atom. The monoisotopic (exact) mass is 286 g/mol. The van der Waals surface area contributed by atoms with Crippen LogP contribution in [0.2, 0.25) is 0 Å². The number of esters is 1. The van der Waals surface area contributed by atoms with Gasteiger partial charge in [-0.3, -0.25) is 4.79 Å². The zero-order chi connectivity index (χ0) is 15.2. The molecule has 1 atom stereocenters. The van der Waals surface area contributed by atoms with Crippen molar-refractivity contribution in [3.63, 3.8) is 0 Å². The second-order valence-corrected chi connectivity index (χ2v) is 5.09. The fourth-order valence-electron chi connectivity index (χ4n) is 2.23. The van der Waals surface area contributed by atoms with Gasteiger partial charge in [0.2, 0.25) is 0 Å². The van der Waals surface area contributed by atoms with Gasteiger partial charge >= 0.3 is 18.0 Å². The molecule has 0 unspecified atom stereocenters. The van der Waals surface area contributed by atoms with Gasteiger partial charge in [-0.2, -0.15) is 0 Å². The van der Waals surface area contributed by atoms with Crippen molar-refractivity contribution in [2.45, 2.75) is 57.0 Å². The van der Waals surface area contributed by atoms with Gasteiger partial charge in [0, 0.05) is 12.0 Å². The number of amides is 2. The van der Waals surface area contributed by atoms with Crippen molar-refractivity contribution >= 4 is 18.0 Å². The van der Waals surface area contributed by atoms with Crippen molar-refractivity contribution in [1.82, 2.24) is 10.6 Å². The molecular formula is C13H22N2O5. The van der Waals surface area contributed by atoms with E-state index in [4.69, 9.17) is 5.11 Å². The lowest BCUT2D eigenvalue weighted by atomic mass is 9.75. The van der Waals surface area contributed by atoms with Crippen LogP contribution in [0.15, 0.2) is 0 Å². The van der Waals surface area contributed by atoms with Gasteiger partial charge in [-0.15, -0.1) is 0 Å². The topological polar surface area (TPSA) is 105 Å². The van der Waals surface area contributed by atoms with Crippen molar-refractivity contribution in [3.8, 4) is 0 Å². The summed E-state index contributed by atoms with van der Waals surface area (Å²) in [5.74, 6) is -1.66. The number of hydrogen-bond donors (Lipinski definition) is 3. The van der Waals surface area contributed by atoms with E-state index in [0.29, 0.717) is 0 Å². The van der Waals surface area contributed by atoms with Crippen LogP contribution in [-0.4, -0.2) is 41.8 Å². The smallest absolute Gasteiger partial charge is 0.326 e. The highest BCUT2D eigenvalue weighted by Crippen LogP contribution is 2.34. The Labute approximate surface area is 118 Å². The zero-order valence-corrected chi connectivity index (χ0v) is 11.9. The van der Waals surface area contributed by atoms with Gasteiger partial charge in [0.15, 0.2) is 0 Å². The number of nitrogens with one attached hydrogen (secondary N) is 2. The first-order chi connectivity index (χ1) is 9.42. The van der Waals surface area contributed by atoms with Crippen molar-refractivity contribution in [1.29, 1.82) is 0 Å². The molecule has 1 aliphatic rings. The Morgan fingerprint density at radius 2 is 2.00 bits per heavy atom. The Bertz CT molecular complexity index is 373. The first-order valence-corrected chi connectivity index (χ1v) is 6.81. The number of methoxy groups -OCH3 is 1. The average molecular weight is 286 g/mol. The molecule has 1 rings (SSSR count). The summed E-state index contributed by atoms with van der Waals surface area (Å²) >= 11 is 0. The third-order valence-electron chi connectivity index (χ3n) is 3.83. The fourth-order valence-corrected chi connectivity index (χ4v) is 2.23. The molecule has 0 radical (unpaired) electrons. The van der Waals surface area contributed by atoms with Gasteiger partial charge in [-0.25, -0.2) is 9.59 Å². The van der Waals surface area contributed by atoms with Crippen LogP contribution in [0.4, 0.5) is 4.79 Å². The van der Waals surface area contributed by atoms with Crippen LogP contribution in [0.5, 0.6) is 0 Å². The molecule has 0 aromatic rings. The van der Waals surface area contributed by atoms with Crippen LogP contribution in [0.3, 0.4) is 0 Å². The Balaban J connectivity index is 2.46. The van der Waals surface area contributed by atoms with Gasteiger partial charge in [0.25, 0.3) is 0 Å². The van der Waals surface area contributed by atoms with Gasteiger partial charge in [0.1, 0.15) is 6.04 Å². The van der Waals surface area contributed by atoms with E-state index in [-0.39, 0.29) is 18.4 Å².